The van der Waals surface area contributed by atoms with Crippen molar-refractivity contribution in [2.45, 2.75) is 13.8 Å². The van der Waals surface area contributed by atoms with Gasteiger partial charge in [0.2, 0.25) is 0 Å². The lowest BCUT2D eigenvalue weighted by atomic mass is 10.1. The first-order valence-electron chi connectivity index (χ1n) is 6.63. The number of carbonyl (C=O) groups is 1. The Hall–Kier alpha value is -2.36. The summed E-state index contributed by atoms with van der Waals surface area (Å²) in [5, 5.41) is 0. The van der Waals surface area contributed by atoms with E-state index in [-0.39, 0.29) is 5.91 Å². The Morgan fingerprint density at radius 1 is 1.35 bits per heavy atom. The molecule has 1 aliphatic heterocycles. The number of hydrogen-bond donors (Lipinski definition) is 0. The number of rotatable bonds is 1. The van der Waals surface area contributed by atoms with Crippen LogP contribution in [0.4, 0.5) is 5.69 Å². The van der Waals surface area contributed by atoms with Crippen LogP contribution in [0.15, 0.2) is 36.7 Å². The van der Waals surface area contributed by atoms with E-state index >= 15 is 0 Å². The van der Waals surface area contributed by atoms with Crippen LogP contribution in [-0.4, -0.2) is 24.0 Å². The Kier molecular flexibility index (Phi) is 3.14. The Balaban J connectivity index is 2.04. The molecule has 1 aliphatic rings. The minimum absolute atomic E-state index is 0.0328. The summed E-state index contributed by atoms with van der Waals surface area (Å²) in [6, 6.07) is 7.60. The summed E-state index contributed by atoms with van der Waals surface area (Å²) in [5.41, 5.74) is 3.66. The third kappa shape index (κ3) is 2.13. The zero-order chi connectivity index (χ0) is 14.1. The van der Waals surface area contributed by atoms with Crippen LogP contribution in [0, 0.1) is 13.8 Å². The SMILES string of the molecule is Cc1cc(C)c2c(c1)OCCN2C(=O)c1cccnc1. The van der Waals surface area contributed by atoms with E-state index in [2.05, 4.69) is 11.1 Å². The van der Waals surface area contributed by atoms with Crippen LogP contribution in [0.2, 0.25) is 0 Å². The van der Waals surface area contributed by atoms with Crippen molar-refractivity contribution in [1.82, 2.24) is 4.98 Å². The van der Waals surface area contributed by atoms with Gasteiger partial charge >= 0.3 is 0 Å². The summed E-state index contributed by atoms with van der Waals surface area (Å²) in [4.78, 5) is 18.4. The average Bonchev–Trinajstić information content (AvgIpc) is 2.46. The van der Waals surface area contributed by atoms with E-state index in [1.54, 1.807) is 29.4 Å². The third-order valence-corrected chi connectivity index (χ3v) is 3.41. The summed E-state index contributed by atoms with van der Waals surface area (Å²) in [6.07, 6.45) is 3.26. The number of carbonyl (C=O) groups excluding carboxylic acids is 1. The molecule has 1 aromatic carbocycles. The predicted molar refractivity (Wildman–Crippen MR) is 77.3 cm³/mol. The fourth-order valence-corrected chi connectivity index (χ4v) is 2.58. The number of aryl methyl sites for hydroxylation is 2. The first kappa shape index (κ1) is 12.7. The first-order chi connectivity index (χ1) is 9.66. The topological polar surface area (TPSA) is 42.4 Å². The number of aromatic nitrogens is 1. The molecule has 0 saturated heterocycles. The van der Waals surface area contributed by atoms with Gasteiger partial charge in [0.25, 0.3) is 5.91 Å². The second-order valence-corrected chi connectivity index (χ2v) is 4.98. The maximum Gasteiger partial charge on any atom is 0.260 e. The first-order valence-corrected chi connectivity index (χ1v) is 6.63. The lowest BCUT2D eigenvalue weighted by molar-refractivity contribution is 0.0976. The minimum Gasteiger partial charge on any atom is -0.490 e. The van der Waals surface area contributed by atoms with Gasteiger partial charge in [-0.05, 0) is 43.2 Å². The van der Waals surface area contributed by atoms with E-state index < -0.39 is 0 Å². The molecule has 1 aromatic heterocycles. The van der Waals surface area contributed by atoms with Crippen molar-refractivity contribution in [3.8, 4) is 5.75 Å². The molecule has 4 heteroatoms. The van der Waals surface area contributed by atoms with Gasteiger partial charge in [0, 0.05) is 12.4 Å². The van der Waals surface area contributed by atoms with Crippen molar-refractivity contribution >= 4 is 11.6 Å². The van der Waals surface area contributed by atoms with E-state index in [1.165, 1.54) is 0 Å². The lowest BCUT2D eigenvalue weighted by Gasteiger charge is -2.31. The van der Waals surface area contributed by atoms with Crippen LogP contribution >= 0.6 is 0 Å². The molecule has 0 fully saturated rings. The molecular formula is C16H16N2O2. The van der Waals surface area contributed by atoms with Gasteiger partial charge in [-0.25, -0.2) is 0 Å². The van der Waals surface area contributed by atoms with Crippen molar-refractivity contribution in [3.05, 3.63) is 53.3 Å². The smallest absolute Gasteiger partial charge is 0.260 e. The number of amides is 1. The monoisotopic (exact) mass is 268 g/mol. The van der Waals surface area contributed by atoms with E-state index in [9.17, 15) is 4.79 Å². The zero-order valence-electron chi connectivity index (χ0n) is 11.6. The van der Waals surface area contributed by atoms with E-state index in [4.69, 9.17) is 4.74 Å². The summed E-state index contributed by atoms with van der Waals surface area (Å²) >= 11 is 0. The largest absolute Gasteiger partial charge is 0.490 e. The molecule has 0 saturated carbocycles. The maximum absolute atomic E-state index is 12.6. The second kappa shape index (κ2) is 4.96. The van der Waals surface area contributed by atoms with Crippen LogP contribution in [0.3, 0.4) is 0 Å². The molecule has 3 rings (SSSR count). The van der Waals surface area contributed by atoms with Crippen LogP contribution in [0.1, 0.15) is 21.5 Å². The number of anilines is 1. The highest BCUT2D eigenvalue weighted by Crippen LogP contribution is 2.36. The van der Waals surface area contributed by atoms with Gasteiger partial charge in [-0.1, -0.05) is 6.07 Å². The fraction of sp³-hybridized carbons (Fsp3) is 0.250. The number of fused-ring (bicyclic) bond motifs is 1. The summed E-state index contributed by atoms with van der Waals surface area (Å²) < 4.78 is 5.69. The highest BCUT2D eigenvalue weighted by Gasteiger charge is 2.26. The Morgan fingerprint density at radius 3 is 2.95 bits per heavy atom. The number of nitrogens with zero attached hydrogens (tertiary/aromatic N) is 2. The molecule has 0 spiro atoms. The molecule has 2 aromatic rings. The van der Waals surface area contributed by atoms with Crippen LogP contribution in [0.25, 0.3) is 0 Å². The number of benzene rings is 1. The van der Waals surface area contributed by atoms with Gasteiger partial charge < -0.3 is 9.64 Å². The van der Waals surface area contributed by atoms with Gasteiger partial charge in [0.05, 0.1) is 17.8 Å². The molecule has 0 N–H and O–H groups in total. The van der Waals surface area contributed by atoms with E-state index in [0.717, 1.165) is 22.6 Å². The number of ether oxygens (including phenoxy) is 1. The van der Waals surface area contributed by atoms with Gasteiger partial charge in [-0.15, -0.1) is 0 Å². The van der Waals surface area contributed by atoms with Gasteiger partial charge in [-0.3, -0.25) is 9.78 Å². The highest BCUT2D eigenvalue weighted by molar-refractivity contribution is 6.07. The van der Waals surface area contributed by atoms with Crippen LogP contribution in [-0.2, 0) is 0 Å². The van der Waals surface area contributed by atoms with Gasteiger partial charge in [0.1, 0.15) is 12.4 Å². The summed E-state index contributed by atoms with van der Waals surface area (Å²) in [5.74, 6) is 0.751. The normalized spacial score (nSPS) is 13.6. The molecular weight excluding hydrogens is 252 g/mol. The minimum atomic E-state index is -0.0328. The summed E-state index contributed by atoms with van der Waals surface area (Å²) in [6.45, 7) is 5.11. The molecule has 0 unspecified atom stereocenters. The van der Waals surface area contributed by atoms with Gasteiger partial charge in [0.15, 0.2) is 0 Å². The molecule has 2 heterocycles. The molecule has 102 valence electrons. The van der Waals surface area contributed by atoms with Crippen LogP contribution < -0.4 is 9.64 Å². The maximum atomic E-state index is 12.6. The molecule has 0 atom stereocenters. The molecule has 20 heavy (non-hydrogen) atoms. The van der Waals surface area contributed by atoms with Gasteiger partial charge in [-0.2, -0.15) is 0 Å². The molecule has 1 amide bonds. The molecule has 0 bridgehead atoms. The van der Waals surface area contributed by atoms with E-state index in [0.29, 0.717) is 18.7 Å². The highest BCUT2D eigenvalue weighted by atomic mass is 16.5. The Labute approximate surface area is 118 Å². The molecule has 0 aliphatic carbocycles. The van der Waals surface area contributed by atoms with Crippen molar-refractivity contribution in [1.29, 1.82) is 0 Å². The van der Waals surface area contributed by atoms with Crippen molar-refractivity contribution in [3.63, 3.8) is 0 Å². The summed E-state index contributed by atoms with van der Waals surface area (Å²) in [7, 11) is 0. The van der Waals surface area contributed by atoms with E-state index in [1.807, 2.05) is 19.9 Å². The fourth-order valence-electron chi connectivity index (χ4n) is 2.58. The zero-order valence-corrected chi connectivity index (χ0v) is 11.6. The number of hydrogen-bond acceptors (Lipinski definition) is 3. The molecule has 4 nitrogen and oxygen atoms in total. The molecule has 0 radical (unpaired) electrons. The Morgan fingerprint density at radius 2 is 2.20 bits per heavy atom. The standard InChI is InChI=1S/C16H16N2O2/c1-11-8-12(2)15-14(9-11)20-7-6-18(15)16(19)13-4-3-5-17-10-13/h3-5,8-10H,6-7H2,1-2H3. The third-order valence-electron chi connectivity index (χ3n) is 3.41. The van der Waals surface area contributed by atoms with Crippen molar-refractivity contribution < 1.29 is 9.53 Å². The average molecular weight is 268 g/mol. The quantitative estimate of drug-likeness (QED) is 0.798. The second-order valence-electron chi connectivity index (χ2n) is 4.98. The predicted octanol–water partition coefficient (Wildman–Crippen LogP) is 2.74. The lowest BCUT2D eigenvalue weighted by Crippen LogP contribution is -2.38. The number of pyridine rings is 1. The Bertz CT molecular complexity index is 653. The van der Waals surface area contributed by atoms with Crippen LogP contribution in [0.5, 0.6) is 5.75 Å². The van der Waals surface area contributed by atoms with Crippen molar-refractivity contribution in [2.75, 3.05) is 18.1 Å². The van der Waals surface area contributed by atoms with Crippen molar-refractivity contribution in [2.24, 2.45) is 0 Å².